The number of carbonyl (C=O) groups is 10. The Morgan fingerprint density at radius 2 is 1.28 bits per heavy atom. The third-order valence-electron chi connectivity index (χ3n) is 20.4. The number of alkyl carbamates (subject to hydrolysis) is 1. The van der Waals surface area contributed by atoms with E-state index in [0.29, 0.717) is 57.4 Å². The molecule has 1 aromatic rings. The van der Waals surface area contributed by atoms with Gasteiger partial charge in [-0.05, 0) is 150 Å². The molecule has 9 rings (SSSR count). The van der Waals surface area contributed by atoms with Gasteiger partial charge in [0.2, 0.25) is 23.4 Å². The van der Waals surface area contributed by atoms with Gasteiger partial charge in [-0.3, -0.25) is 38.4 Å². The molecule has 12 atom stereocenters. The van der Waals surface area contributed by atoms with E-state index >= 15 is 0 Å². The van der Waals surface area contributed by atoms with Crippen molar-refractivity contribution in [1.29, 1.82) is 0 Å². The number of halogens is 2. The molecule has 86 heavy (non-hydrogen) atoms. The third-order valence-corrected chi connectivity index (χ3v) is 21.5. The predicted molar refractivity (Wildman–Crippen MR) is 330 cm³/mol. The van der Waals surface area contributed by atoms with Crippen LogP contribution < -0.4 is 16.0 Å². The second kappa shape index (κ2) is 28.1. The number of likely N-dealkylation sites (tertiary alicyclic amines) is 2. The lowest BCUT2D eigenvalue weighted by molar-refractivity contribution is -0.144. The van der Waals surface area contributed by atoms with Crippen LogP contribution in [-0.4, -0.2) is 122 Å². The van der Waals surface area contributed by atoms with Crippen LogP contribution in [0, 0.1) is 64.6 Å². The Morgan fingerprint density at radius 1 is 0.709 bits per heavy atom. The Balaban J connectivity index is 0.000000224. The molecule has 7 fully saturated rings. The number of ether oxygens (including phenoxy) is 1. The van der Waals surface area contributed by atoms with Crippen LogP contribution in [0.1, 0.15) is 182 Å². The van der Waals surface area contributed by atoms with Crippen molar-refractivity contribution in [3.05, 3.63) is 60.7 Å². The topological polar surface area (TPSA) is 222 Å². The van der Waals surface area contributed by atoms with Crippen molar-refractivity contribution in [2.75, 3.05) is 13.1 Å². The van der Waals surface area contributed by atoms with Gasteiger partial charge in [-0.2, -0.15) is 0 Å². The Morgan fingerprint density at radius 3 is 1.84 bits per heavy atom. The van der Waals surface area contributed by atoms with E-state index in [-0.39, 0.29) is 103 Å². The van der Waals surface area contributed by atoms with E-state index in [9.17, 15) is 47.9 Å². The lowest BCUT2D eigenvalue weighted by Gasteiger charge is -2.37. The summed E-state index contributed by atoms with van der Waals surface area (Å²) >= 11 is 13.1. The highest BCUT2D eigenvalue weighted by Gasteiger charge is 2.74. The normalized spacial score (nSPS) is 27.3. The molecule has 5 saturated carbocycles. The number of alkyl halides is 2. The van der Waals surface area contributed by atoms with Gasteiger partial charge in [0.25, 0.3) is 0 Å². The highest BCUT2D eigenvalue weighted by Crippen LogP contribution is 2.66. The van der Waals surface area contributed by atoms with Crippen LogP contribution in [0.25, 0.3) is 0 Å². The fourth-order valence-electron chi connectivity index (χ4n) is 15.2. The molecule has 0 bridgehead atoms. The van der Waals surface area contributed by atoms with E-state index in [0.717, 1.165) is 64.2 Å². The van der Waals surface area contributed by atoms with E-state index < -0.39 is 87.1 Å². The number of amides is 5. The van der Waals surface area contributed by atoms with Gasteiger partial charge < -0.3 is 30.5 Å². The van der Waals surface area contributed by atoms with Crippen LogP contribution in [0.4, 0.5) is 9.59 Å². The molecule has 1 aromatic carbocycles. The molecule has 0 radical (unpaired) electrons. The molecule has 18 heteroatoms. The summed E-state index contributed by atoms with van der Waals surface area (Å²) in [5, 5.41) is 8.77. The molecule has 16 nitrogen and oxygen atoms in total. The van der Waals surface area contributed by atoms with Gasteiger partial charge in [0, 0.05) is 68.0 Å². The summed E-state index contributed by atoms with van der Waals surface area (Å²) in [6.45, 7) is 21.6. The number of hydrogen-bond acceptors (Lipinski definition) is 11. The first-order valence-electron chi connectivity index (χ1n) is 32.2. The first-order chi connectivity index (χ1) is 40.7. The molecule has 6 aliphatic carbocycles. The molecule has 5 amide bonds. The number of carbonyl (C=O) groups excluding carboxylic acids is 10. The summed E-state index contributed by atoms with van der Waals surface area (Å²) < 4.78 is 4.70. The van der Waals surface area contributed by atoms with Crippen LogP contribution in [0.3, 0.4) is 0 Å². The van der Waals surface area contributed by atoms with Crippen LogP contribution >= 0.6 is 23.2 Å². The molecule has 2 heterocycles. The summed E-state index contributed by atoms with van der Waals surface area (Å²) in [6, 6.07) is 4.49. The van der Waals surface area contributed by atoms with Crippen LogP contribution in [-0.2, 0) is 55.9 Å². The van der Waals surface area contributed by atoms with Crippen molar-refractivity contribution in [1.82, 2.24) is 25.8 Å². The zero-order valence-corrected chi connectivity index (χ0v) is 53.5. The fraction of sp³-hybridized carbons (Fsp3) is 0.706. The van der Waals surface area contributed by atoms with Gasteiger partial charge in [0.15, 0.2) is 23.1 Å². The number of hydrogen-bond donors (Lipinski definition) is 3. The van der Waals surface area contributed by atoms with Crippen molar-refractivity contribution in [2.45, 2.75) is 223 Å². The van der Waals surface area contributed by atoms with Gasteiger partial charge in [0.05, 0.1) is 12.1 Å². The number of Topliss-reactive ketones (excluding diaryl/α,β-unsaturated/α-hetero) is 6. The third kappa shape index (κ3) is 15.6. The lowest BCUT2D eigenvalue weighted by atomic mass is 9.82. The zero-order chi connectivity index (χ0) is 62.6. The second-order valence-electron chi connectivity index (χ2n) is 28.2. The number of ketones is 6. The number of rotatable bonds is 27. The average Bonchev–Trinajstić information content (AvgIpc) is 1.55. The van der Waals surface area contributed by atoms with E-state index in [1.54, 1.807) is 24.0 Å². The summed E-state index contributed by atoms with van der Waals surface area (Å²) in [6.07, 6.45) is 16.0. The number of allylic oxidation sites excluding steroid dienone is 2. The molecule has 3 N–H and O–H groups in total. The molecule has 2 unspecified atom stereocenters. The Hall–Kier alpha value is -5.22. The van der Waals surface area contributed by atoms with Crippen LogP contribution in [0.15, 0.2) is 49.6 Å². The highest BCUT2D eigenvalue weighted by molar-refractivity contribution is 6.51. The fourth-order valence-corrected chi connectivity index (χ4v) is 16.0. The van der Waals surface area contributed by atoms with E-state index in [4.69, 9.17) is 27.9 Å². The maximum absolute atomic E-state index is 14.6. The maximum atomic E-state index is 14.6. The minimum absolute atomic E-state index is 0.00483. The van der Waals surface area contributed by atoms with Gasteiger partial charge in [0.1, 0.15) is 22.5 Å². The Bertz CT molecular complexity index is 2740. The van der Waals surface area contributed by atoms with Gasteiger partial charge in [-0.15, -0.1) is 36.4 Å². The lowest BCUT2D eigenvalue weighted by Crippen LogP contribution is -2.59. The highest BCUT2D eigenvalue weighted by atomic mass is 35.5. The number of urea groups is 1. The first kappa shape index (κ1) is 66.7. The quantitative estimate of drug-likeness (QED) is 0.0325. The van der Waals surface area contributed by atoms with Gasteiger partial charge in [-0.1, -0.05) is 96.2 Å². The van der Waals surface area contributed by atoms with Crippen molar-refractivity contribution in [3.63, 3.8) is 0 Å². The number of nitrogens with zero attached hydrogens (tertiary/aromatic N) is 2. The molecule has 2 aliphatic heterocycles. The molecule has 472 valence electrons. The minimum atomic E-state index is -1.14. The molecular weight excluding hydrogens is 1130 g/mol. The van der Waals surface area contributed by atoms with E-state index in [1.165, 1.54) is 16.0 Å². The van der Waals surface area contributed by atoms with E-state index in [1.807, 2.05) is 32.9 Å². The number of piperidine rings is 2. The summed E-state index contributed by atoms with van der Waals surface area (Å²) in [7, 11) is 0. The van der Waals surface area contributed by atoms with Crippen LogP contribution in [0.5, 0.6) is 0 Å². The zero-order valence-electron chi connectivity index (χ0n) is 51.9. The molecule has 0 spiro atoms. The smallest absolute Gasteiger partial charge is 0.408 e. The van der Waals surface area contributed by atoms with Crippen molar-refractivity contribution < 1.29 is 52.7 Å². The maximum Gasteiger partial charge on any atom is 0.408 e. The van der Waals surface area contributed by atoms with Gasteiger partial charge in [-0.25, -0.2) is 9.59 Å². The monoisotopic (exact) mass is 1230 g/mol. The molecule has 0 aromatic heterocycles. The summed E-state index contributed by atoms with van der Waals surface area (Å²) in [5.41, 5.74) is 1.77. The number of benzene rings is 1. The second-order valence-corrected chi connectivity index (χ2v) is 29.6. The number of nitrogens with one attached hydrogen (secondary N) is 3. The predicted octanol–water partition coefficient (Wildman–Crippen LogP) is 10.8. The standard InChI is InChI=1S/C36H48N2O6.C32H47Cl2N3O5/c1-5-27(39)33(41)25(15-21-13-14-21)18-28(40)32-30-26(36(30,3)4)19-38(32)34(42)31(24-16-22-10-6-7-11-23(22)17-24)37-35(43)44-29-12-8-9-20(29)2;1-6-8-11-17-23(38)28(40)21(14-9-7-2)18-24(39)27-25-22(32(25,33)34)19-37(27)29(41)26(20-15-12-10-13-16-20)35-30(42)36-31(3,4)5/h6-7,10-11,20-21,24-26,29-32H,5,8-9,12-19H2,1-4H3,(H,37,43);6-7,20-22,25-27H,1-2,8-19H2,3-5H3,(H2,35,36,42)/t20-,25?,26-,29-,30-,31-,32+;21?,22-,25-,26-,27+/m00/s1. The Labute approximate surface area is 519 Å². The minimum Gasteiger partial charge on any atom is -0.446 e. The van der Waals surface area contributed by atoms with Crippen molar-refractivity contribution >= 4 is 81.8 Å². The van der Waals surface area contributed by atoms with Crippen molar-refractivity contribution in [2.24, 2.45) is 64.6 Å². The molecular formula is C68H95Cl2N5O11. The molecule has 8 aliphatic rings. The van der Waals surface area contributed by atoms with Crippen LogP contribution in [0.2, 0.25) is 0 Å². The first-order valence-corrected chi connectivity index (χ1v) is 33.0. The Kier molecular flexibility index (Phi) is 21.8. The van der Waals surface area contributed by atoms with Crippen molar-refractivity contribution in [3.8, 4) is 0 Å². The summed E-state index contributed by atoms with van der Waals surface area (Å²) in [5.74, 6) is -4.50. The number of fused-ring (bicyclic) bond motifs is 3. The van der Waals surface area contributed by atoms with E-state index in [2.05, 4.69) is 62.0 Å². The summed E-state index contributed by atoms with van der Waals surface area (Å²) in [4.78, 5) is 138. The average molecular weight is 1230 g/mol. The largest absolute Gasteiger partial charge is 0.446 e. The van der Waals surface area contributed by atoms with Gasteiger partial charge >= 0.3 is 12.1 Å². The SMILES string of the molecule is C=CCCCC(=O)C(=O)C(CCC=C)CC(=O)[C@@H]1[C@@H]2[C@H](CN1C(=O)[C@@H](NC(=O)NC(C)(C)C)C1CCCCC1)C2(Cl)Cl.CCC(=O)C(=O)C(CC(=O)[C@@H]1[C@@H]2[C@H](CN1C(=O)[C@@H](NC(=O)O[C@H]1CCC[C@@H]1C)C1Cc3ccccc3C1)C2(C)C)CC1CC1. The molecule has 2 saturated heterocycles. The number of unbranched alkanes of at least 4 members (excludes halogenated alkanes) is 1.